The standard InChI is InChI=1S/C28H26F3N3O3/c1-17-13-18(2)15-21(14-17)34-23-16-20(28(29,30)31)10-11-22(23)25(27(34)37)26(19-7-4-3-5-8-19)33-32-24(36)9-6-12-35/h3-5,7-8,10-11,13-16,35,37H,6,9,12H2,1-2H3,(H,32,36)/b33-26-. The van der Waals surface area contributed by atoms with Crippen molar-refractivity contribution in [2.24, 2.45) is 5.10 Å². The van der Waals surface area contributed by atoms with Crippen molar-refractivity contribution in [1.82, 2.24) is 9.99 Å². The summed E-state index contributed by atoms with van der Waals surface area (Å²) in [5.74, 6) is -0.758. The van der Waals surface area contributed by atoms with Gasteiger partial charge in [0.05, 0.1) is 16.6 Å². The van der Waals surface area contributed by atoms with E-state index in [4.69, 9.17) is 5.11 Å². The van der Waals surface area contributed by atoms with Crippen LogP contribution in [0.2, 0.25) is 0 Å². The molecule has 0 saturated heterocycles. The second kappa shape index (κ2) is 10.5. The van der Waals surface area contributed by atoms with Crippen molar-refractivity contribution in [3.05, 3.63) is 94.5 Å². The highest BCUT2D eigenvalue weighted by Crippen LogP contribution is 2.39. The highest BCUT2D eigenvalue weighted by atomic mass is 19.4. The molecule has 0 radical (unpaired) electrons. The van der Waals surface area contributed by atoms with Crippen molar-refractivity contribution >= 4 is 22.5 Å². The maximum absolute atomic E-state index is 13.7. The zero-order chi connectivity index (χ0) is 26.7. The van der Waals surface area contributed by atoms with Gasteiger partial charge in [-0.05, 0) is 55.7 Å². The molecule has 0 aliphatic heterocycles. The number of alkyl halides is 3. The van der Waals surface area contributed by atoms with Gasteiger partial charge in [0.1, 0.15) is 5.71 Å². The molecule has 0 unspecified atom stereocenters. The fraction of sp³-hybridized carbons (Fsp3) is 0.214. The molecule has 6 nitrogen and oxygen atoms in total. The second-order valence-electron chi connectivity index (χ2n) is 8.80. The van der Waals surface area contributed by atoms with Gasteiger partial charge in [0.2, 0.25) is 11.8 Å². The lowest BCUT2D eigenvalue weighted by molar-refractivity contribution is -0.137. The van der Waals surface area contributed by atoms with Gasteiger partial charge in [-0.15, -0.1) is 0 Å². The zero-order valence-corrected chi connectivity index (χ0v) is 20.3. The molecule has 0 fully saturated rings. The van der Waals surface area contributed by atoms with Crippen LogP contribution in [0.5, 0.6) is 5.88 Å². The third-order valence-corrected chi connectivity index (χ3v) is 5.87. The Morgan fingerprint density at radius 2 is 1.68 bits per heavy atom. The molecule has 0 atom stereocenters. The topological polar surface area (TPSA) is 86.9 Å². The van der Waals surface area contributed by atoms with Crippen molar-refractivity contribution < 1.29 is 28.2 Å². The largest absolute Gasteiger partial charge is 0.494 e. The van der Waals surface area contributed by atoms with Crippen LogP contribution in [0, 0.1) is 13.8 Å². The number of hydrogen-bond donors (Lipinski definition) is 3. The number of aromatic nitrogens is 1. The average molecular weight is 510 g/mol. The van der Waals surface area contributed by atoms with Crippen LogP contribution in [0.25, 0.3) is 16.6 Å². The van der Waals surface area contributed by atoms with E-state index in [0.717, 1.165) is 23.3 Å². The Morgan fingerprint density at radius 3 is 2.30 bits per heavy atom. The van der Waals surface area contributed by atoms with Gasteiger partial charge in [0.15, 0.2) is 0 Å². The van der Waals surface area contributed by atoms with Crippen molar-refractivity contribution in [1.29, 1.82) is 0 Å². The molecule has 0 saturated carbocycles. The van der Waals surface area contributed by atoms with Crippen molar-refractivity contribution in [2.45, 2.75) is 32.9 Å². The molecule has 1 aromatic heterocycles. The van der Waals surface area contributed by atoms with Crippen LogP contribution in [0.15, 0.2) is 71.8 Å². The third-order valence-electron chi connectivity index (χ3n) is 5.87. The summed E-state index contributed by atoms with van der Waals surface area (Å²) in [6, 6.07) is 17.5. The number of fused-ring (bicyclic) bond motifs is 1. The summed E-state index contributed by atoms with van der Waals surface area (Å²) >= 11 is 0. The van der Waals surface area contributed by atoms with Crippen LogP contribution in [0.4, 0.5) is 13.2 Å². The Bertz CT molecular complexity index is 1450. The summed E-state index contributed by atoms with van der Waals surface area (Å²) in [5.41, 5.74) is 4.87. The summed E-state index contributed by atoms with van der Waals surface area (Å²) in [6.07, 6.45) is -4.30. The predicted octanol–water partition coefficient (Wildman–Crippen LogP) is 5.61. The summed E-state index contributed by atoms with van der Waals surface area (Å²) in [4.78, 5) is 12.3. The molecule has 192 valence electrons. The first-order valence-corrected chi connectivity index (χ1v) is 11.7. The van der Waals surface area contributed by atoms with Crippen molar-refractivity contribution in [3.8, 4) is 11.6 Å². The van der Waals surface area contributed by atoms with E-state index in [2.05, 4.69) is 10.5 Å². The van der Waals surface area contributed by atoms with Gasteiger partial charge in [-0.25, -0.2) is 5.43 Å². The minimum Gasteiger partial charge on any atom is -0.494 e. The van der Waals surface area contributed by atoms with Crippen LogP contribution >= 0.6 is 0 Å². The van der Waals surface area contributed by atoms with Crippen LogP contribution in [0.1, 0.15) is 40.7 Å². The van der Waals surface area contributed by atoms with E-state index in [-0.39, 0.29) is 42.1 Å². The number of aryl methyl sites for hydroxylation is 2. The fourth-order valence-electron chi connectivity index (χ4n) is 4.30. The van der Waals surface area contributed by atoms with Crippen LogP contribution in [0.3, 0.4) is 0 Å². The van der Waals surface area contributed by atoms with Crippen LogP contribution in [-0.2, 0) is 11.0 Å². The normalized spacial score (nSPS) is 12.2. The van der Waals surface area contributed by atoms with E-state index in [9.17, 15) is 23.1 Å². The highest BCUT2D eigenvalue weighted by Gasteiger charge is 2.32. The molecule has 0 aliphatic carbocycles. The summed E-state index contributed by atoms with van der Waals surface area (Å²) in [5, 5.41) is 25.1. The molecule has 0 aliphatic rings. The average Bonchev–Trinajstić information content (AvgIpc) is 3.13. The molecular formula is C28H26F3N3O3. The molecule has 0 bridgehead atoms. The van der Waals surface area contributed by atoms with Gasteiger partial charge in [-0.3, -0.25) is 9.36 Å². The molecule has 4 rings (SSSR count). The van der Waals surface area contributed by atoms with Crippen LogP contribution < -0.4 is 5.43 Å². The number of rotatable bonds is 7. The first-order chi connectivity index (χ1) is 17.6. The Labute approximate surface area is 211 Å². The summed E-state index contributed by atoms with van der Waals surface area (Å²) < 4.78 is 42.3. The maximum Gasteiger partial charge on any atom is 0.416 e. The number of halogens is 3. The number of nitrogens with zero attached hydrogens (tertiary/aromatic N) is 2. The number of carbonyl (C=O) groups excluding carboxylic acids is 1. The Hall–Kier alpha value is -4.11. The zero-order valence-electron chi connectivity index (χ0n) is 20.3. The molecule has 1 heterocycles. The Balaban J connectivity index is 2.02. The molecule has 4 aromatic rings. The fourth-order valence-corrected chi connectivity index (χ4v) is 4.30. The van der Waals surface area contributed by atoms with Gasteiger partial charge < -0.3 is 10.2 Å². The number of benzene rings is 3. The highest BCUT2D eigenvalue weighted by molar-refractivity contribution is 6.21. The number of hydrazone groups is 1. The van der Waals surface area contributed by atoms with Gasteiger partial charge in [-0.2, -0.15) is 18.3 Å². The van der Waals surface area contributed by atoms with Gasteiger partial charge in [-0.1, -0.05) is 42.5 Å². The second-order valence-corrected chi connectivity index (χ2v) is 8.80. The van der Waals surface area contributed by atoms with E-state index in [1.807, 2.05) is 19.9 Å². The number of carbonyl (C=O) groups is 1. The molecule has 1 amide bonds. The number of aliphatic hydroxyl groups excluding tert-OH is 1. The van der Waals surface area contributed by atoms with Gasteiger partial charge >= 0.3 is 6.18 Å². The molecule has 9 heteroatoms. The first-order valence-electron chi connectivity index (χ1n) is 11.7. The van der Waals surface area contributed by atoms with E-state index < -0.39 is 17.6 Å². The minimum atomic E-state index is -4.58. The Kier molecular flexibility index (Phi) is 7.35. The van der Waals surface area contributed by atoms with E-state index in [1.165, 1.54) is 10.6 Å². The predicted molar refractivity (Wildman–Crippen MR) is 136 cm³/mol. The van der Waals surface area contributed by atoms with Crippen LogP contribution in [-0.4, -0.2) is 33.0 Å². The number of aromatic hydroxyl groups is 1. The van der Waals surface area contributed by atoms with Crippen molar-refractivity contribution in [2.75, 3.05) is 6.61 Å². The lowest BCUT2D eigenvalue weighted by atomic mass is 10.0. The number of aliphatic hydroxyl groups is 1. The maximum atomic E-state index is 13.7. The molecule has 0 spiro atoms. The Morgan fingerprint density at radius 1 is 1.00 bits per heavy atom. The number of nitrogens with one attached hydrogen (secondary N) is 1. The first kappa shape index (κ1) is 26.0. The number of amides is 1. The van der Waals surface area contributed by atoms with Gasteiger partial charge in [0.25, 0.3) is 0 Å². The summed E-state index contributed by atoms with van der Waals surface area (Å²) in [6.45, 7) is 3.56. The molecule has 37 heavy (non-hydrogen) atoms. The van der Waals surface area contributed by atoms with E-state index in [1.54, 1.807) is 42.5 Å². The quantitative estimate of drug-likeness (QED) is 0.224. The van der Waals surface area contributed by atoms with E-state index in [0.29, 0.717) is 16.6 Å². The smallest absolute Gasteiger partial charge is 0.416 e. The SMILES string of the molecule is Cc1cc(C)cc(-n2c(O)c(/C(=N\NC(=O)CCCO)c3ccccc3)c3ccc(C(F)(F)F)cc32)c1. The lowest BCUT2D eigenvalue weighted by Gasteiger charge is -2.12. The van der Waals surface area contributed by atoms with Crippen molar-refractivity contribution in [3.63, 3.8) is 0 Å². The monoisotopic (exact) mass is 509 g/mol. The molecular weight excluding hydrogens is 483 g/mol. The third kappa shape index (κ3) is 5.51. The molecule has 3 aromatic carbocycles. The van der Waals surface area contributed by atoms with E-state index >= 15 is 0 Å². The minimum absolute atomic E-state index is 0.0350. The summed E-state index contributed by atoms with van der Waals surface area (Å²) in [7, 11) is 0. The molecule has 3 N–H and O–H groups in total. The number of hydrogen-bond acceptors (Lipinski definition) is 4. The van der Waals surface area contributed by atoms with Gasteiger partial charge in [0, 0.05) is 29.7 Å². The lowest BCUT2D eigenvalue weighted by Crippen LogP contribution is -2.20.